The van der Waals surface area contributed by atoms with Crippen LogP contribution in [0.3, 0.4) is 0 Å². The van der Waals surface area contributed by atoms with Gasteiger partial charge in [-0.15, -0.1) is 11.3 Å². The normalized spacial score (nSPS) is 14.6. The molecule has 0 unspecified atom stereocenters. The minimum atomic E-state index is -0.322. The lowest BCUT2D eigenvalue weighted by atomic mass is 9.98. The number of aromatic nitrogens is 2. The summed E-state index contributed by atoms with van der Waals surface area (Å²) in [4.78, 5) is 31.3. The molecule has 0 N–H and O–H groups in total. The van der Waals surface area contributed by atoms with E-state index in [0.29, 0.717) is 33.8 Å². The van der Waals surface area contributed by atoms with Crippen molar-refractivity contribution in [3.63, 3.8) is 0 Å². The summed E-state index contributed by atoms with van der Waals surface area (Å²) in [5.74, 6) is 0.575. The molecule has 0 amide bonds. The molecule has 0 radical (unpaired) electrons. The number of para-hydroxylation sites is 1. The van der Waals surface area contributed by atoms with Crippen molar-refractivity contribution in [3.05, 3.63) is 57.0 Å². The van der Waals surface area contributed by atoms with Crippen LogP contribution in [0.25, 0.3) is 10.2 Å². The Morgan fingerprint density at radius 3 is 2.72 bits per heavy atom. The van der Waals surface area contributed by atoms with Gasteiger partial charge in [-0.3, -0.25) is 9.36 Å². The molecule has 0 aliphatic heterocycles. The van der Waals surface area contributed by atoms with Crippen molar-refractivity contribution in [2.45, 2.75) is 71.4 Å². The minimum absolute atomic E-state index is 0.00706. The van der Waals surface area contributed by atoms with Crippen LogP contribution in [-0.4, -0.2) is 28.2 Å². The molecule has 4 rings (SSSR count). The fourth-order valence-electron chi connectivity index (χ4n) is 4.19. The van der Waals surface area contributed by atoms with Gasteiger partial charge in [-0.05, 0) is 69.6 Å². The third-order valence-corrected chi connectivity index (χ3v) is 7.25. The van der Waals surface area contributed by atoms with E-state index in [1.165, 1.54) is 17.8 Å². The van der Waals surface area contributed by atoms with E-state index >= 15 is 0 Å². The topological polar surface area (TPSA) is 70.4 Å². The van der Waals surface area contributed by atoms with Gasteiger partial charge in [0.2, 0.25) is 0 Å². The maximum Gasteiger partial charge on any atom is 0.348 e. The highest BCUT2D eigenvalue weighted by molar-refractivity contribution is 7.20. The highest BCUT2D eigenvalue weighted by Crippen LogP contribution is 2.29. The first-order chi connectivity index (χ1) is 15.5. The lowest BCUT2D eigenvalue weighted by Crippen LogP contribution is -2.22. The molecule has 0 spiro atoms. The van der Waals surface area contributed by atoms with Crippen LogP contribution in [-0.2, 0) is 11.3 Å². The second-order valence-corrected chi connectivity index (χ2v) is 9.46. The van der Waals surface area contributed by atoms with Gasteiger partial charge in [0.1, 0.15) is 21.6 Å². The second-order valence-electron chi connectivity index (χ2n) is 8.47. The first-order valence-corrected chi connectivity index (χ1v) is 12.2. The highest BCUT2D eigenvalue weighted by atomic mass is 32.1. The van der Waals surface area contributed by atoms with E-state index < -0.39 is 0 Å². The number of carbonyl (C=O) groups is 1. The van der Waals surface area contributed by atoms with Gasteiger partial charge in [0.15, 0.2) is 0 Å². The molecule has 0 bridgehead atoms. The van der Waals surface area contributed by atoms with Gasteiger partial charge >= 0.3 is 5.97 Å². The maximum absolute atomic E-state index is 13.1. The number of esters is 1. The average molecular weight is 455 g/mol. The predicted molar refractivity (Wildman–Crippen MR) is 127 cm³/mol. The Bertz CT molecular complexity index is 1140. The van der Waals surface area contributed by atoms with Crippen molar-refractivity contribution in [2.75, 3.05) is 6.61 Å². The van der Waals surface area contributed by atoms with Crippen molar-refractivity contribution in [1.82, 2.24) is 9.55 Å². The van der Waals surface area contributed by atoms with Crippen LogP contribution in [0.15, 0.2) is 35.4 Å². The molecule has 1 aromatic carbocycles. The van der Waals surface area contributed by atoms with Gasteiger partial charge in [-0.2, -0.15) is 0 Å². The van der Waals surface area contributed by atoms with E-state index in [-0.39, 0.29) is 17.6 Å². The number of rotatable bonds is 8. The van der Waals surface area contributed by atoms with Crippen LogP contribution in [0.1, 0.15) is 65.7 Å². The van der Waals surface area contributed by atoms with Gasteiger partial charge < -0.3 is 9.47 Å². The van der Waals surface area contributed by atoms with Gasteiger partial charge in [-0.25, -0.2) is 9.78 Å². The molecular formula is C25H30N2O4S. The van der Waals surface area contributed by atoms with Crippen molar-refractivity contribution in [1.29, 1.82) is 0 Å². The first-order valence-electron chi connectivity index (χ1n) is 11.4. The van der Waals surface area contributed by atoms with Gasteiger partial charge in [0.25, 0.3) is 5.56 Å². The zero-order chi connectivity index (χ0) is 22.5. The van der Waals surface area contributed by atoms with Crippen LogP contribution in [0, 0.1) is 13.8 Å². The minimum Gasteiger partial charge on any atom is -0.493 e. The first kappa shape index (κ1) is 22.5. The molecule has 1 fully saturated rings. The van der Waals surface area contributed by atoms with E-state index in [1.54, 1.807) is 10.9 Å². The number of benzene rings is 1. The third-order valence-electron chi connectivity index (χ3n) is 6.07. The third kappa shape index (κ3) is 5.04. The smallest absolute Gasteiger partial charge is 0.348 e. The lowest BCUT2D eigenvalue weighted by molar-refractivity contribution is 0.0216. The summed E-state index contributed by atoms with van der Waals surface area (Å²) in [6.45, 7) is 5.01. The Balaban J connectivity index is 1.38. The zero-order valence-corrected chi connectivity index (χ0v) is 19.6. The molecule has 1 aliphatic rings. The molecule has 7 heteroatoms. The number of ether oxygens (including phenoxy) is 2. The lowest BCUT2D eigenvalue weighted by Gasteiger charge is -2.21. The van der Waals surface area contributed by atoms with Crippen molar-refractivity contribution in [3.8, 4) is 5.75 Å². The number of thiophene rings is 1. The largest absolute Gasteiger partial charge is 0.493 e. The highest BCUT2D eigenvalue weighted by Gasteiger charge is 2.24. The fourth-order valence-corrected chi connectivity index (χ4v) is 5.21. The number of nitrogens with zero attached hydrogens (tertiary/aromatic N) is 2. The van der Waals surface area contributed by atoms with Crippen molar-refractivity contribution in [2.24, 2.45) is 0 Å². The van der Waals surface area contributed by atoms with E-state index in [1.807, 2.05) is 38.1 Å². The summed E-state index contributed by atoms with van der Waals surface area (Å²) in [6.07, 6.45) is 8.47. The van der Waals surface area contributed by atoms with Gasteiger partial charge in [-0.1, -0.05) is 24.6 Å². The molecule has 0 atom stereocenters. The number of hydrogen-bond donors (Lipinski definition) is 0. The SMILES string of the molecule is Cc1ccccc1OCCCCn1cnc2sc(C(=O)OC3CCCCC3)c(C)c2c1=O. The Morgan fingerprint density at radius 2 is 1.94 bits per heavy atom. The molecule has 1 saturated carbocycles. The van der Waals surface area contributed by atoms with Crippen LogP contribution in [0.4, 0.5) is 0 Å². The molecule has 2 aromatic heterocycles. The van der Waals surface area contributed by atoms with E-state index in [9.17, 15) is 9.59 Å². The zero-order valence-electron chi connectivity index (χ0n) is 18.8. The van der Waals surface area contributed by atoms with E-state index in [0.717, 1.165) is 49.8 Å². The monoisotopic (exact) mass is 454 g/mol. The Kier molecular flexibility index (Phi) is 7.25. The number of unbranched alkanes of at least 4 members (excludes halogenated alkanes) is 1. The molecule has 32 heavy (non-hydrogen) atoms. The molecule has 6 nitrogen and oxygen atoms in total. The van der Waals surface area contributed by atoms with Crippen LogP contribution >= 0.6 is 11.3 Å². The summed E-state index contributed by atoms with van der Waals surface area (Å²) in [7, 11) is 0. The molecule has 1 aliphatic carbocycles. The summed E-state index contributed by atoms with van der Waals surface area (Å²) < 4.78 is 13.2. The van der Waals surface area contributed by atoms with Crippen LogP contribution in [0.2, 0.25) is 0 Å². The van der Waals surface area contributed by atoms with E-state index in [2.05, 4.69) is 4.98 Å². The summed E-state index contributed by atoms with van der Waals surface area (Å²) >= 11 is 1.26. The van der Waals surface area contributed by atoms with Crippen LogP contribution in [0.5, 0.6) is 5.75 Å². The molecule has 170 valence electrons. The summed E-state index contributed by atoms with van der Waals surface area (Å²) in [6, 6.07) is 7.95. The Morgan fingerprint density at radius 1 is 1.16 bits per heavy atom. The number of hydrogen-bond acceptors (Lipinski definition) is 6. The standard InChI is InChI=1S/C25H30N2O4S/c1-17-10-6-7-13-20(17)30-15-9-8-14-27-16-26-23-21(24(27)28)18(2)22(32-23)25(29)31-19-11-4-3-5-12-19/h6-7,10,13,16,19H,3-5,8-9,11-12,14-15H2,1-2H3. The number of aryl methyl sites for hydroxylation is 3. The molecule has 0 saturated heterocycles. The number of carbonyl (C=O) groups excluding carboxylic acids is 1. The maximum atomic E-state index is 13.1. The summed E-state index contributed by atoms with van der Waals surface area (Å²) in [5.41, 5.74) is 1.70. The Labute approximate surface area is 192 Å². The molecule has 3 aromatic rings. The van der Waals surface area contributed by atoms with Crippen molar-refractivity contribution < 1.29 is 14.3 Å². The average Bonchev–Trinajstić information content (AvgIpc) is 3.14. The molecule has 2 heterocycles. The summed E-state index contributed by atoms with van der Waals surface area (Å²) in [5, 5.41) is 0.532. The van der Waals surface area contributed by atoms with Crippen LogP contribution < -0.4 is 10.3 Å². The number of fused-ring (bicyclic) bond motifs is 1. The van der Waals surface area contributed by atoms with Crippen molar-refractivity contribution >= 4 is 27.5 Å². The van der Waals surface area contributed by atoms with Gasteiger partial charge in [0, 0.05) is 6.54 Å². The molecular weight excluding hydrogens is 424 g/mol. The fraction of sp³-hybridized carbons (Fsp3) is 0.480. The second kappa shape index (κ2) is 10.3. The Hall–Kier alpha value is -2.67. The predicted octanol–water partition coefficient (Wildman–Crippen LogP) is 5.42. The quantitative estimate of drug-likeness (QED) is 0.336. The van der Waals surface area contributed by atoms with Gasteiger partial charge in [0.05, 0.1) is 18.3 Å². The van der Waals surface area contributed by atoms with E-state index in [4.69, 9.17) is 9.47 Å².